The number of nitrogens with zero attached hydrogens (tertiary/aromatic N) is 2. The van der Waals surface area contributed by atoms with E-state index in [9.17, 15) is 4.39 Å². The van der Waals surface area contributed by atoms with Crippen molar-refractivity contribution in [2.24, 2.45) is 0 Å². The summed E-state index contributed by atoms with van der Waals surface area (Å²) in [4.78, 5) is 0. The zero-order valence-electron chi connectivity index (χ0n) is 12.8. The molecule has 0 spiro atoms. The van der Waals surface area contributed by atoms with Gasteiger partial charge in [-0.3, -0.25) is 0 Å². The van der Waals surface area contributed by atoms with Gasteiger partial charge in [0.05, 0.1) is 13.5 Å². The topological polar surface area (TPSA) is 48.2 Å². The van der Waals surface area contributed by atoms with E-state index in [-0.39, 0.29) is 5.82 Å². The molecule has 0 saturated carbocycles. The number of halogens is 1. The molecule has 118 valence electrons. The van der Waals surface area contributed by atoms with Gasteiger partial charge in [0.25, 0.3) is 0 Å². The quantitative estimate of drug-likeness (QED) is 0.698. The van der Waals surface area contributed by atoms with Crippen molar-refractivity contribution >= 4 is 0 Å². The second-order valence-electron chi connectivity index (χ2n) is 5.24. The van der Waals surface area contributed by atoms with Crippen LogP contribution < -0.4 is 4.74 Å². The highest BCUT2D eigenvalue weighted by Crippen LogP contribution is 2.15. The van der Waals surface area contributed by atoms with Gasteiger partial charge in [0.15, 0.2) is 0 Å². The van der Waals surface area contributed by atoms with E-state index in [4.69, 9.17) is 9.15 Å². The normalized spacial score (nSPS) is 10.7. The number of rotatable bonds is 6. The summed E-state index contributed by atoms with van der Waals surface area (Å²) < 4.78 is 23.7. The third-order valence-corrected chi connectivity index (χ3v) is 3.56. The van der Waals surface area contributed by atoms with Crippen LogP contribution in [0.5, 0.6) is 5.75 Å². The van der Waals surface area contributed by atoms with Gasteiger partial charge in [-0.1, -0.05) is 24.3 Å². The maximum Gasteiger partial charge on any atom is 0.220 e. The van der Waals surface area contributed by atoms with Crippen LogP contribution in [0.2, 0.25) is 0 Å². The lowest BCUT2D eigenvalue weighted by molar-refractivity contribution is 0.414. The predicted octanol–water partition coefficient (Wildman–Crippen LogP) is 3.59. The first-order valence-corrected chi connectivity index (χ1v) is 7.41. The maximum absolute atomic E-state index is 12.9. The van der Waals surface area contributed by atoms with Crippen LogP contribution in [-0.2, 0) is 19.3 Å². The molecule has 4 nitrogen and oxygen atoms in total. The summed E-state index contributed by atoms with van der Waals surface area (Å²) in [5, 5.41) is 8.14. The van der Waals surface area contributed by atoms with Crippen LogP contribution in [0, 0.1) is 5.82 Å². The summed E-state index contributed by atoms with van der Waals surface area (Å²) in [6.07, 6.45) is 1.97. The Morgan fingerprint density at radius 3 is 2.22 bits per heavy atom. The van der Waals surface area contributed by atoms with Gasteiger partial charge < -0.3 is 9.15 Å². The molecule has 3 rings (SSSR count). The minimum Gasteiger partial charge on any atom is -0.497 e. The SMILES string of the molecule is COc1ccc(Cc2nnc(CCc3ccc(F)cc3)o2)cc1. The minimum absolute atomic E-state index is 0.228. The van der Waals surface area contributed by atoms with E-state index >= 15 is 0 Å². The first-order valence-electron chi connectivity index (χ1n) is 7.41. The third-order valence-electron chi connectivity index (χ3n) is 3.56. The Bertz CT molecular complexity index is 751. The highest BCUT2D eigenvalue weighted by atomic mass is 19.1. The molecule has 0 aliphatic carbocycles. The standard InChI is InChI=1S/C18H17FN2O2/c1-22-16-9-4-14(5-10-16)12-18-21-20-17(23-18)11-6-13-2-7-15(19)8-3-13/h2-5,7-10H,6,11-12H2,1H3. The average Bonchev–Trinajstić information content (AvgIpc) is 3.02. The Morgan fingerprint density at radius 1 is 0.870 bits per heavy atom. The number of aryl methyl sites for hydroxylation is 2. The molecule has 0 bridgehead atoms. The van der Waals surface area contributed by atoms with E-state index in [1.165, 1.54) is 12.1 Å². The summed E-state index contributed by atoms with van der Waals surface area (Å²) in [5.41, 5.74) is 2.13. The van der Waals surface area contributed by atoms with Crippen molar-refractivity contribution in [3.63, 3.8) is 0 Å². The molecular weight excluding hydrogens is 295 g/mol. The molecule has 3 aromatic rings. The molecule has 0 aliphatic heterocycles. The molecule has 0 unspecified atom stereocenters. The Hall–Kier alpha value is -2.69. The zero-order valence-corrected chi connectivity index (χ0v) is 12.8. The van der Waals surface area contributed by atoms with Crippen LogP contribution in [0.3, 0.4) is 0 Å². The molecule has 0 N–H and O–H groups in total. The summed E-state index contributed by atoms with van der Waals surface area (Å²) in [6, 6.07) is 14.2. The van der Waals surface area contributed by atoms with Crippen molar-refractivity contribution in [1.82, 2.24) is 10.2 Å². The molecule has 1 heterocycles. The fourth-order valence-corrected chi connectivity index (χ4v) is 2.28. The van der Waals surface area contributed by atoms with E-state index < -0.39 is 0 Å². The summed E-state index contributed by atoms with van der Waals surface area (Å²) >= 11 is 0. The van der Waals surface area contributed by atoms with Crippen LogP contribution in [0.4, 0.5) is 4.39 Å². The number of benzene rings is 2. The highest BCUT2D eigenvalue weighted by Gasteiger charge is 2.07. The van der Waals surface area contributed by atoms with Crippen molar-refractivity contribution in [1.29, 1.82) is 0 Å². The van der Waals surface area contributed by atoms with Crippen LogP contribution in [0.1, 0.15) is 22.9 Å². The van der Waals surface area contributed by atoms with E-state index in [0.717, 1.165) is 23.3 Å². The fraction of sp³-hybridized carbons (Fsp3) is 0.222. The van der Waals surface area contributed by atoms with Crippen LogP contribution in [0.25, 0.3) is 0 Å². The summed E-state index contributed by atoms with van der Waals surface area (Å²) in [6.45, 7) is 0. The van der Waals surface area contributed by atoms with Crippen LogP contribution in [-0.4, -0.2) is 17.3 Å². The molecule has 1 aromatic heterocycles. The van der Waals surface area contributed by atoms with Crippen molar-refractivity contribution in [2.45, 2.75) is 19.3 Å². The van der Waals surface area contributed by atoms with E-state index in [2.05, 4.69) is 10.2 Å². The van der Waals surface area contributed by atoms with Gasteiger partial charge in [-0.25, -0.2) is 4.39 Å². The lowest BCUT2D eigenvalue weighted by Crippen LogP contribution is -1.91. The predicted molar refractivity (Wildman–Crippen MR) is 83.9 cm³/mol. The van der Waals surface area contributed by atoms with Gasteiger partial charge in [0.2, 0.25) is 11.8 Å². The van der Waals surface area contributed by atoms with Gasteiger partial charge in [-0.05, 0) is 41.8 Å². The number of hydrogen-bond acceptors (Lipinski definition) is 4. The molecule has 0 fully saturated rings. The van der Waals surface area contributed by atoms with Gasteiger partial charge in [0, 0.05) is 6.42 Å². The van der Waals surface area contributed by atoms with Crippen LogP contribution in [0.15, 0.2) is 52.9 Å². The van der Waals surface area contributed by atoms with E-state index in [0.29, 0.717) is 24.6 Å². The van der Waals surface area contributed by atoms with Crippen molar-refractivity contribution in [3.8, 4) is 5.75 Å². The average molecular weight is 312 g/mol. The molecule has 2 aromatic carbocycles. The molecule has 23 heavy (non-hydrogen) atoms. The molecule has 5 heteroatoms. The molecule has 0 radical (unpaired) electrons. The molecule has 0 aliphatic rings. The van der Waals surface area contributed by atoms with Crippen molar-refractivity contribution in [3.05, 3.63) is 77.3 Å². The molecule has 0 atom stereocenters. The van der Waals surface area contributed by atoms with Crippen molar-refractivity contribution < 1.29 is 13.5 Å². The Balaban J connectivity index is 1.57. The maximum atomic E-state index is 12.9. The Labute approximate surface area is 133 Å². The fourth-order valence-electron chi connectivity index (χ4n) is 2.28. The number of aromatic nitrogens is 2. The van der Waals surface area contributed by atoms with Gasteiger partial charge >= 0.3 is 0 Å². The van der Waals surface area contributed by atoms with Gasteiger partial charge in [0.1, 0.15) is 11.6 Å². The number of hydrogen-bond donors (Lipinski definition) is 0. The molecule has 0 amide bonds. The first-order chi connectivity index (χ1) is 11.2. The second-order valence-corrected chi connectivity index (χ2v) is 5.24. The van der Waals surface area contributed by atoms with Crippen molar-refractivity contribution in [2.75, 3.05) is 7.11 Å². The number of methoxy groups -OCH3 is 1. The minimum atomic E-state index is -0.228. The summed E-state index contributed by atoms with van der Waals surface area (Å²) in [5.74, 6) is 1.77. The lowest BCUT2D eigenvalue weighted by atomic mass is 10.1. The Kier molecular flexibility index (Phi) is 4.66. The van der Waals surface area contributed by atoms with E-state index in [1.54, 1.807) is 19.2 Å². The highest BCUT2D eigenvalue weighted by molar-refractivity contribution is 5.28. The lowest BCUT2D eigenvalue weighted by Gasteiger charge is -2.00. The smallest absolute Gasteiger partial charge is 0.220 e. The second kappa shape index (κ2) is 7.05. The summed E-state index contributed by atoms with van der Waals surface area (Å²) in [7, 11) is 1.64. The number of ether oxygens (including phenoxy) is 1. The van der Waals surface area contributed by atoms with Gasteiger partial charge in [-0.2, -0.15) is 0 Å². The molecular formula is C18H17FN2O2. The monoisotopic (exact) mass is 312 g/mol. The third kappa shape index (κ3) is 4.16. The first kappa shape index (κ1) is 15.2. The largest absolute Gasteiger partial charge is 0.497 e. The molecule has 0 saturated heterocycles. The van der Waals surface area contributed by atoms with Crippen LogP contribution >= 0.6 is 0 Å². The van der Waals surface area contributed by atoms with Gasteiger partial charge in [-0.15, -0.1) is 10.2 Å². The Morgan fingerprint density at radius 2 is 1.52 bits per heavy atom. The van der Waals surface area contributed by atoms with E-state index in [1.807, 2.05) is 24.3 Å². The zero-order chi connectivity index (χ0) is 16.1.